The van der Waals surface area contributed by atoms with E-state index in [-0.39, 0.29) is 11.9 Å². The van der Waals surface area contributed by atoms with Gasteiger partial charge in [0.1, 0.15) is 0 Å². The number of nitrogens with two attached hydrogens (primary N) is 1. The molecule has 0 bridgehead atoms. The van der Waals surface area contributed by atoms with Gasteiger partial charge >= 0.3 is 0 Å². The number of aromatic nitrogens is 5. The van der Waals surface area contributed by atoms with E-state index in [0.29, 0.717) is 35.9 Å². The van der Waals surface area contributed by atoms with Crippen molar-refractivity contribution in [3.8, 4) is 11.4 Å². The van der Waals surface area contributed by atoms with Crippen molar-refractivity contribution in [2.75, 3.05) is 12.3 Å². The first-order valence-corrected chi connectivity index (χ1v) is 7.24. The van der Waals surface area contributed by atoms with Crippen molar-refractivity contribution in [1.82, 2.24) is 30.4 Å². The highest BCUT2D eigenvalue weighted by Gasteiger charge is 2.12. The minimum atomic E-state index is -0.278. The molecule has 122 valence electrons. The Morgan fingerprint density at radius 3 is 2.96 bits per heavy atom. The second kappa shape index (κ2) is 6.82. The number of nitrogen functional groups attached to an aromatic ring is 1. The van der Waals surface area contributed by atoms with Gasteiger partial charge in [0.05, 0.1) is 11.3 Å². The number of hydrogen-bond acceptors (Lipinski definition) is 8. The summed E-state index contributed by atoms with van der Waals surface area (Å²) >= 11 is 0. The summed E-state index contributed by atoms with van der Waals surface area (Å²) in [5.41, 5.74) is 7.14. The van der Waals surface area contributed by atoms with Gasteiger partial charge < -0.3 is 15.6 Å². The average molecular weight is 325 g/mol. The molecular formula is C15H15N7O2. The molecule has 0 atom stereocenters. The van der Waals surface area contributed by atoms with Crippen molar-refractivity contribution in [3.05, 3.63) is 47.9 Å². The second-order valence-electron chi connectivity index (χ2n) is 4.99. The molecule has 9 nitrogen and oxygen atoms in total. The second-order valence-corrected chi connectivity index (χ2v) is 4.99. The van der Waals surface area contributed by atoms with E-state index in [9.17, 15) is 4.79 Å². The lowest BCUT2D eigenvalue weighted by atomic mass is 10.2. The number of nitrogens with one attached hydrogen (secondary N) is 1. The minimum Gasteiger partial charge on any atom is -0.368 e. The molecule has 0 aliphatic rings. The summed E-state index contributed by atoms with van der Waals surface area (Å²) in [4.78, 5) is 28.1. The third kappa shape index (κ3) is 3.51. The summed E-state index contributed by atoms with van der Waals surface area (Å²) < 4.78 is 5.16. The lowest BCUT2D eigenvalue weighted by Crippen LogP contribution is -2.27. The molecule has 3 rings (SSSR count). The van der Waals surface area contributed by atoms with Crippen molar-refractivity contribution in [3.63, 3.8) is 0 Å². The predicted octanol–water partition coefficient (Wildman–Crippen LogP) is 0.785. The number of pyridine rings is 1. The van der Waals surface area contributed by atoms with Crippen LogP contribution in [-0.2, 0) is 6.42 Å². The molecule has 9 heteroatoms. The van der Waals surface area contributed by atoms with Gasteiger partial charge in [0.25, 0.3) is 5.91 Å². The first-order valence-electron chi connectivity index (χ1n) is 7.24. The average Bonchev–Trinajstić information content (AvgIpc) is 3.04. The molecule has 3 aromatic heterocycles. The van der Waals surface area contributed by atoms with Crippen molar-refractivity contribution >= 4 is 11.9 Å². The van der Waals surface area contributed by atoms with Gasteiger partial charge in [-0.3, -0.25) is 9.78 Å². The molecule has 0 saturated carbocycles. The van der Waals surface area contributed by atoms with Crippen LogP contribution in [0.3, 0.4) is 0 Å². The van der Waals surface area contributed by atoms with Crippen LogP contribution in [0.5, 0.6) is 0 Å². The Morgan fingerprint density at radius 1 is 1.33 bits per heavy atom. The SMILES string of the molecule is Cc1nc(N)ncc1C(=O)NCCc1nc(-c2cccnc2)no1. The Labute approximate surface area is 137 Å². The van der Waals surface area contributed by atoms with E-state index < -0.39 is 0 Å². The lowest BCUT2D eigenvalue weighted by molar-refractivity contribution is 0.0952. The summed E-state index contributed by atoms with van der Waals surface area (Å²) in [6, 6.07) is 3.63. The molecule has 0 fully saturated rings. The maximum absolute atomic E-state index is 12.1. The first kappa shape index (κ1) is 15.5. The Morgan fingerprint density at radius 2 is 2.21 bits per heavy atom. The fourth-order valence-electron chi connectivity index (χ4n) is 2.05. The molecule has 0 aliphatic heterocycles. The number of aryl methyl sites for hydroxylation is 1. The molecule has 3 N–H and O–H groups in total. The summed E-state index contributed by atoms with van der Waals surface area (Å²) in [6.45, 7) is 2.04. The van der Waals surface area contributed by atoms with Gasteiger partial charge in [-0.25, -0.2) is 9.97 Å². The molecule has 0 aliphatic carbocycles. The molecule has 0 spiro atoms. The highest BCUT2D eigenvalue weighted by Crippen LogP contribution is 2.13. The van der Waals surface area contributed by atoms with Gasteiger partial charge in [0.15, 0.2) is 0 Å². The number of hydrogen-bond donors (Lipinski definition) is 2. The smallest absolute Gasteiger partial charge is 0.254 e. The van der Waals surface area contributed by atoms with E-state index in [1.807, 2.05) is 6.07 Å². The van der Waals surface area contributed by atoms with E-state index in [2.05, 4.69) is 30.4 Å². The highest BCUT2D eigenvalue weighted by molar-refractivity contribution is 5.94. The number of carbonyl (C=O) groups is 1. The van der Waals surface area contributed by atoms with Gasteiger partial charge in [0.2, 0.25) is 17.7 Å². The van der Waals surface area contributed by atoms with Crippen LogP contribution in [-0.4, -0.2) is 37.5 Å². The van der Waals surface area contributed by atoms with Crippen LogP contribution in [0, 0.1) is 6.92 Å². The number of nitrogens with zero attached hydrogens (tertiary/aromatic N) is 5. The molecule has 0 aromatic carbocycles. The molecular weight excluding hydrogens is 310 g/mol. The van der Waals surface area contributed by atoms with Gasteiger partial charge in [-0.05, 0) is 19.1 Å². The molecule has 0 saturated heterocycles. The lowest BCUT2D eigenvalue weighted by Gasteiger charge is -2.05. The van der Waals surface area contributed by atoms with Gasteiger partial charge in [-0.1, -0.05) is 5.16 Å². The molecule has 0 radical (unpaired) electrons. The third-order valence-corrected chi connectivity index (χ3v) is 3.25. The fraction of sp³-hybridized carbons (Fsp3) is 0.200. The normalized spacial score (nSPS) is 10.5. The zero-order valence-electron chi connectivity index (χ0n) is 12.9. The predicted molar refractivity (Wildman–Crippen MR) is 84.7 cm³/mol. The number of anilines is 1. The topological polar surface area (TPSA) is 133 Å². The summed E-state index contributed by atoms with van der Waals surface area (Å²) in [5, 5.41) is 6.65. The highest BCUT2D eigenvalue weighted by atomic mass is 16.5. The molecule has 1 amide bonds. The maximum Gasteiger partial charge on any atom is 0.254 e. The first-order chi connectivity index (χ1) is 11.6. The number of amides is 1. The van der Waals surface area contributed by atoms with E-state index >= 15 is 0 Å². The van der Waals surface area contributed by atoms with Gasteiger partial charge in [0, 0.05) is 37.1 Å². The number of carbonyl (C=O) groups excluding carboxylic acids is 1. The van der Waals surface area contributed by atoms with Gasteiger partial charge in [-0.15, -0.1) is 0 Å². The van der Waals surface area contributed by atoms with Crippen LogP contribution < -0.4 is 11.1 Å². The van der Waals surface area contributed by atoms with Crippen LogP contribution in [0.25, 0.3) is 11.4 Å². The van der Waals surface area contributed by atoms with Crippen LogP contribution in [0.4, 0.5) is 5.95 Å². The monoisotopic (exact) mass is 325 g/mol. The van der Waals surface area contributed by atoms with Crippen LogP contribution in [0.15, 0.2) is 35.2 Å². The zero-order valence-corrected chi connectivity index (χ0v) is 12.9. The number of rotatable bonds is 5. The quantitative estimate of drug-likeness (QED) is 0.703. The standard InChI is InChI=1S/C15H15N7O2/c1-9-11(8-19-15(16)20-9)14(23)18-6-4-12-21-13(22-24-12)10-3-2-5-17-7-10/h2-3,5,7-8H,4,6H2,1H3,(H,18,23)(H2,16,19,20). The maximum atomic E-state index is 12.1. The Hall–Kier alpha value is -3.36. The van der Waals surface area contributed by atoms with Crippen molar-refractivity contribution in [1.29, 1.82) is 0 Å². The Bertz CT molecular complexity index is 848. The minimum absolute atomic E-state index is 0.137. The fourth-order valence-corrected chi connectivity index (χ4v) is 2.05. The molecule has 3 aromatic rings. The van der Waals surface area contributed by atoms with E-state index in [4.69, 9.17) is 10.3 Å². The van der Waals surface area contributed by atoms with Crippen LogP contribution in [0.1, 0.15) is 21.9 Å². The largest absolute Gasteiger partial charge is 0.368 e. The Kier molecular flexibility index (Phi) is 4.41. The molecule has 24 heavy (non-hydrogen) atoms. The van der Waals surface area contributed by atoms with E-state index in [0.717, 1.165) is 5.56 Å². The Balaban J connectivity index is 1.57. The summed E-state index contributed by atoms with van der Waals surface area (Å²) in [7, 11) is 0. The summed E-state index contributed by atoms with van der Waals surface area (Å²) in [6.07, 6.45) is 5.14. The zero-order chi connectivity index (χ0) is 16.9. The van der Waals surface area contributed by atoms with Crippen molar-refractivity contribution in [2.24, 2.45) is 0 Å². The van der Waals surface area contributed by atoms with Crippen LogP contribution in [0.2, 0.25) is 0 Å². The summed E-state index contributed by atoms with van der Waals surface area (Å²) in [5.74, 6) is 0.754. The molecule has 0 unspecified atom stereocenters. The van der Waals surface area contributed by atoms with Gasteiger partial charge in [-0.2, -0.15) is 4.98 Å². The third-order valence-electron chi connectivity index (χ3n) is 3.25. The molecule has 3 heterocycles. The van der Waals surface area contributed by atoms with Crippen molar-refractivity contribution < 1.29 is 9.32 Å². The van der Waals surface area contributed by atoms with E-state index in [1.54, 1.807) is 25.4 Å². The van der Waals surface area contributed by atoms with E-state index in [1.165, 1.54) is 6.20 Å². The van der Waals surface area contributed by atoms with Crippen LogP contribution >= 0.6 is 0 Å². The van der Waals surface area contributed by atoms with Crippen molar-refractivity contribution in [2.45, 2.75) is 13.3 Å².